The van der Waals surface area contributed by atoms with Crippen molar-refractivity contribution in [3.8, 4) is 5.75 Å². The van der Waals surface area contributed by atoms with Gasteiger partial charge in [0.05, 0.1) is 11.5 Å². The molecule has 0 bridgehead atoms. The topological polar surface area (TPSA) is 105 Å². The van der Waals surface area contributed by atoms with E-state index in [4.69, 9.17) is 14.2 Å². The molecule has 0 aliphatic heterocycles. The molecule has 1 saturated carbocycles. The Balaban J connectivity index is 1.73. The Morgan fingerprint density at radius 1 is 1.16 bits per heavy atom. The van der Waals surface area contributed by atoms with Gasteiger partial charge in [-0.25, -0.2) is 4.79 Å². The SMILES string of the molecule is CCOC(=O)CC1CCC(OC(=O)Oc2ccc([N+](=O)[O-])cc2)CC1. The lowest BCUT2D eigenvalue weighted by molar-refractivity contribution is -0.384. The standard InChI is InChI=1S/C17H21NO7/c1-2-23-16(19)11-12-3-7-14(8-4-12)24-17(20)25-15-9-5-13(6-10-15)18(21)22/h5-6,9-10,12,14H,2-4,7-8,11H2,1H3. The fraction of sp³-hybridized carbons (Fsp3) is 0.529. The van der Waals surface area contributed by atoms with E-state index in [0.717, 1.165) is 12.8 Å². The molecule has 2 rings (SSSR count). The fourth-order valence-electron chi connectivity index (χ4n) is 2.80. The fourth-order valence-corrected chi connectivity index (χ4v) is 2.80. The highest BCUT2D eigenvalue weighted by Gasteiger charge is 2.26. The van der Waals surface area contributed by atoms with Gasteiger partial charge in [-0.2, -0.15) is 0 Å². The zero-order chi connectivity index (χ0) is 18.2. The van der Waals surface area contributed by atoms with Gasteiger partial charge in [-0.3, -0.25) is 14.9 Å². The highest BCUT2D eigenvalue weighted by Crippen LogP contribution is 2.29. The summed E-state index contributed by atoms with van der Waals surface area (Å²) in [6.07, 6.45) is 2.22. The normalized spacial score (nSPS) is 19.7. The predicted octanol–water partition coefficient (Wildman–Crippen LogP) is 3.62. The molecule has 0 amide bonds. The average Bonchev–Trinajstić information content (AvgIpc) is 2.57. The van der Waals surface area contributed by atoms with Crippen molar-refractivity contribution in [2.75, 3.05) is 6.61 Å². The molecule has 0 spiro atoms. The maximum absolute atomic E-state index is 11.8. The van der Waals surface area contributed by atoms with Gasteiger partial charge in [0.2, 0.25) is 0 Å². The molecule has 0 heterocycles. The number of carbonyl (C=O) groups is 2. The number of nitro benzene ring substituents is 1. The van der Waals surface area contributed by atoms with E-state index in [1.807, 2.05) is 0 Å². The number of nitro groups is 1. The maximum Gasteiger partial charge on any atom is 0.514 e. The Labute approximate surface area is 145 Å². The smallest absolute Gasteiger partial charge is 0.466 e. The summed E-state index contributed by atoms with van der Waals surface area (Å²) in [5, 5.41) is 10.6. The first-order valence-corrected chi connectivity index (χ1v) is 8.26. The van der Waals surface area contributed by atoms with Crippen molar-refractivity contribution in [1.82, 2.24) is 0 Å². The van der Waals surface area contributed by atoms with Gasteiger partial charge in [0.15, 0.2) is 0 Å². The lowest BCUT2D eigenvalue weighted by Gasteiger charge is -2.27. The summed E-state index contributed by atoms with van der Waals surface area (Å²) in [6, 6.07) is 5.19. The minimum absolute atomic E-state index is 0.0827. The molecule has 0 unspecified atom stereocenters. The van der Waals surface area contributed by atoms with Crippen molar-refractivity contribution in [1.29, 1.82) is 0 Å². The predicted molar refractivity (Wildman–Crippen MR) is 87.2 cm³/mol. The monoisotopic (exact) mass is 351 g/mol. The molecule has 1 aromatic rings. The number of hydrogen-bond donors (Lipinski definition) is 0. The Kier molecular flexibility index (Phi) is 6.73. The van der Waals surface area contributed by atoms with Crippen LogP contribution < -0.4 is 4.74 Å². The molecule has 0 radical (unpaired) electrons. The second-order valence-corrected chi connectivity index (χ2v) is 5.87. The van der Waals surface area contributed by atoms with Crippen molar-refractivity contribution >= 4 is 17.8 Å². The van der Waals surface area contributed by atoms with E-state index in [-0.39, 0.29) is 29.4 Å². The number of nitrogens with zero attached hydrogens (tertiary/aromatic N) is 1. The third-order valence-corrected chi connectivity index (χ3v) is 4.07. The van der Waals surface area contributed by atoms with E-state index in [1.54, 1.807) is 6.92 Å². The highest BCUT2D eigenvalue weighted by atomic mass is 16.7. The van der Waals surface area contributed by atoms with Crippen LogP contribution in [0.3, 0.4) is 0 Å². The zero-order valence-corrected chi connectivity index (χ0v) is 14.0. The summed E-state index contributed by atoms with van der Waals surface area (Å²) in [7, 11) is 0. The summed E-state index contributed by atoms with van der Waals surface area (Å²) in [5.74, 6) is 0.251. The van der Waals surface area contributed by atoms with Gasteiger partial charge >= 0.3 is 12.1 Å². The minimum atomic E-state index is -0.831. The molecule has 136 valence electrons. The van der Waals surface area contributed by atoms with Crippen LogP contribution in [0.25, 0.3) is 0 Å². The molecule has 1 aromatic carbocycles. The van der Waals surface area contributed by atoms with Gasteiger partial charge in [-0.05, 0) is 50.7 Å². The largest absolute Gasteiger partial charge is 0.514 e. The lowest BCUT2D eigenvalue weighted by Crippen LogP contribution is -2.27. The summed E-state index contributed by atoms with van der Waals surface area (Å²) in [5.41, 5.74) is -0.0827. The quantitative estimate of drug-likeness (QED) is 0.333. The van der Waals surface area contributed by atoms with Crippen LogP contribution in [-0.2, 0) is 14.3 Å². The van der Waals surface area contributed by atoms with Crippen LogP contribution in [0.1, 0.15) is 39.0 Å². The van der Waals surface area contributed by atoms with E-state index in [9.17, 15) is 19.7 Å². The highest BCUT2D eigenvalue weighted by molar-refractivity contribution is 5.69. The van der Waals surface area contributed by atoms with Crippen LogP contribution in [0.2, 0.25) is 0 Å². The van der Waals surface area contributed by atoms with Crippen LogP contribution in [0, 0.1) is 16.0 Å². The van der Waals surface area contributed by atoms with Crippen LogP contribution in [0.4, 0.5) is 10.5 Å². The number of esters is 1. The van der Waals surface area contributed by atoms with E-state index in [1.165, 1.54) is 24.3 Å². The summed E-state index contributed by atoms with van der Waals surface area (Å²) < 4.78 is 15.2. The molecule has 8 nitrogen and oxygen atoms in total. The molecule has 0 saturated heterocycles. The number of hydrogen-bond acceptors (Lipinski definition) is 7. The van der Waals surface area contributed by atoms with Crippen molar-refractivity contribution in [2.45, 2.75) is 45.1 Å². The molecular formula is C17H21NO7. The Morgan fingerprint density at radius 2 is 1.80 bits per heavy atom. The van der Waals surface area contributed by atoms with Crippen molar-refractivity contribution < 1.29 is 28.7 Å². The maximum atomic E-state index is 11.8. The summed E-state index contributed by atoms with van der Waals surface area (Å²) in [4.78, 5) is 33.3. The van der Waals surface area contributed by atoms with Crippen LogP contribution in [-0.4, -0.2) is 29.8 Å². The van der Waals surface area contributed by atoms with Crippen LogP contribution in [0.5, 0.6) is 5.75 Å². The summed E-state index contributed by atoms with van der Waals surface area (Å²) >= 11 is 0. The van der Waals surface area contributed by atoms with Gasteiger partial charge in [0.25, 0.3) is 5.69 Å². The second kappa shape index (κ2) is 9.00. The van der Waals surface area contributed by atoms with E-state index in [2.05, 4.69) is 0 Å². The molecule has 25 heavy (non-hydrogen) atoms. The molecule has 8 heteroatoms. The van der Waals surface area contributed by atoms with E-state index >= 15 is 0 Å². The Hall–Kier alpha value is -2.64. The average molecular weight is 351 g/mol. The third-order valence-electron chi connectivity index (χ3n) is 4.07. The van der Waals surface area contributed by atoms with Crippen LogP contribution >= 0.6 is 0 Å². The van der Waals surface area contributed by atoms with E-state index < -0.39 is 11.1 Å². The molecule has 1 aliphatic carbocycles. The molecule has 0 N–H and O–H groups in total. The minimum Gasteiger partial charge on any atom is -0.466 e. The molecule has 0 aromatic heterocycles. The first kappa shape index (κ1) is 18.7. The number of rotatable bonds is 6. The third kappa shape index (κ3) is 6.06. The number of carbonyl (C=O) groups excluding carboxylic acids is 2. The lowest BCUT2D eigenvalue weighted by atomic mass is 9.85. The first-order chi connectivity index (χ1) is 12.0. The van der Waals surface area contributed by atoms with Gasteiger partial charge in [0.1, 0.15) is 11.9 Å². The van der Waals surface area contributed by atoms with Gasteiger partial charge in [-0.1, -0.05) is 0 Å². The molecular weight excluding hydrogens is 330 g/mol. The first-order valence-electron chi connectivity index (χ1n) is 8.26. The van der Waals surface area contributed by atoms with Gasteiger partial charge in [-0.15, -0.1) is 0 Å². The molecule has 0 atom stereocenters. The van der Waals surface area contributed by atoms with Gasteiger partial charge in [0, 0.05) is 18.6 Å². The Morgan fingerprint density at radius 3 is 2.36 bits per heavy atom. The number of benzene rings is 1. The molecule has 1 fully saturated rings. The Bertz CT molecular complexity index is 606. The number of non-ortho nitro benzene ring substituents is 1. The van der Waals surface area contributed by atoms with Gasteiger partial charge < -0.3 is 14.2 Å². The van der Waals surface area contributed by atoms with Crippen LogP contribution in [0.15, 0.2) is 24.3 Å². The van der Waals surface area contributed by atoms with Crippen molar-refractivity contribution in [3.05, 3.63) is 34.4 Å². The second-order valence-electron chi connectivity index (χ2n) is 5.87. The summed E-state index contributed by atoms with van der Waals surface area (Å²) in [6.45, 7) is 2.16. The van der Waals surface area contributed by atoms with Crippen molar-refractivity contribution in [2.24, 2.45) is 5.92 Å². The molecule has 1 aliphatic rings. The number of ether oxygens (including phenoxy) is 3. The van der Waals surface area contributed by atoms with Crippen molar-refractivity contribution in [3.63, 3.8) is 0 Å². The van der Waals surface area contributed by atoms with E-state index in [0.29, 0.717) is 25.9 Å². The zero-order valence-electron chi connectivity index (χ0n) is 14.0.